The van der Waals surface area contributed by atoms with Gasteiger partial charge >= 0.3 is 0 Å². The molecule has 0 unspecified atom stereocenters. The van der Waals surface area contributed by atoms with Crippen LogP contribution in [0, 0.1) is 0 Å². The molecule has 0 aliphatic carbocycles. The van der Waals surface area contributed by atoms with E-state index >= 15 is 0 Å². The molecule has 1 fully saturated rings. The van der Waals surface area contributed by atoms with Gasteiger partial charge in [0, 0.05) is 32.4 Å². The van der Waals surface area contributed by atoms with Gasteiger partial charge in [-0.3, -0.25) is 0 Å². The highest BCUT2D eigenvalue weighted by molar-refractivity contribution is 7.21. The molecule has 0 saturated carbocycles. The summed E-state index contributed by atoms with van der Waals surface area (Å²) in [5, 5.41) is 4.29. The summed E-state index contributed by atoms with van der Waals surface area (Å²) in [7, 11) is 0. The average Bonchev–Trinajstić information content (AvgIpc) is 3.00. The Morgan fingerprint density at radius 2 is 1.90 bits per heavy atom. The predicted molar refractivity (Wildman–Crippen MR) is 85.7 cm³/mol. The normalized spacial score (nSPS) is 15.5. The third-order valence-electron chi connectivity index (χ3n) is 3.56. The molecule has 1 N–H and O–H groups in total. The first-order chi connectivity index (χ1) is 10.4. The van der Waals surface area contributed by atoms with Gasteiger partial charge in [0.15, 0.2) is 0 Å². The molecule has 3 aromatic rings. The highest BCUT2D eigenvalue weighted by atomic mass is 32.1. The second kappa shape index (κ2) is 5.38. The Morgan fingerprint density at radius 3 is 2.76 bits per heavy atom. The molecule has 1 aromatic carbocycles. The molecule has 0 amide bonds. The van der Waals surface area contributed by atoms with Crippen molar-refractivity contribution >= 4 is 27.5 Å². The number of nitrogens with zero attached hydrogens (tertiary/aromatic N) is 4. The van der Waals surface area contributed by atoms with Crippen molar-refractivity contribution in [3.8, 4) is 10.7 Å². The number of nitrogens with one attached hydrogen (secondary N) is 1. The summed E-state index contributed by atoms with van der Waals surface area (Å²) >= 11 is 1.67. The third-order valence-corrected chi connectivity index (χ3v) is 4.61. The van der Waals surface area contributed by atoms with Crippen molar-refractivity contribution in [2.75, 3.05) is 31.1 Å². The van der Waals surface area contributed by atoms with Crippen molar-refractivity contribution in [1.29, 1.82) is 0 Å². The van der Waals surface area contributed by atoms with Crippen LogP contribution >= 0.6 is 11.3 Å². The van der Waals surface area contributed by atoms with Crippen LogP contribution in [0.2, 0.25) is 0 Å². The van der Waals surface area contributed by atoms with Crippen LogP contribution in [0.5, 0.6) is 0 Å². The molecule has 0 spiro atoms. The van der Waals surface area contributed by atoms with E-state index in [2.05, 4.69) is 26.3 Å². The number of anilines is 1. The van der Waals surface area contributed by atoms with E-state index < -0.39 is 0 Å². The van der Waals surface area contributed by atoms with Crippen molar-refractivity contribution in [2.24, 2.45) is 0 Å². The molecule has 0 radical (unpaired) electrons. The van der Waals surface area contributed by atoms with Gasteiger partial charge in [-0.05, 0) is 18.2 Å². The lowest BCUT2D eigenvalue weighted by Crippen LogP contribution is -2.44. The molecule has 0 bridgehead atoms. The molecule has 4 rings (SSSR count). The molecule has 3 heterocycles. The highest BCUT2D eigenvalue weighted by Crippen LogP contribution is 2.29. The van der Waals surface area contributed by atoms with Gasteiger partial charge in [-0.15, -0.1) is 11.3 Å². The van der Waals surface area contributed by atoms with Crippen molar-refractivity contribution in [2.45, 2.75) is 0 Å². The molecule has 21 heavy (non-hydrogen) atoms. The smallest absolute Gasteiger partial charge is 0.226 e. The quantitative estimate of drug-likeness (QED) is 0.785. The summed E-state index contributed by atoms with van der Waals surface area (Å²) in [5.74, 6) is 0.799. The molecule has 0 atom stereocenters. The highest BCUT2D eigenvalue weighted by Gasteiger charge is 2.15. The van der Waals surface area contributed by atoms with E-state index in [9.17, 15) is 0 Å². The van der Waals surface area contributed by atoms with Crippen molar-refractivity contribution in [3.05, 3.63) is 36.5 Å². The van der Waals surface area contributed by atoms with E-state index in [1.165, 1.54) is 4.70 Å². The zero-order valence-corrected chi connectivity index (χ0v) is 12.3. The van der Waals surface area contributed by atoms with Gasteiger partial charge in [-0.25, -0.2) is 15.0 Å². The van der Waals surface area contributed by atoms with Gasteiger partial charge in [0.1, 0.15) is 10.7 Å². The van der Waals surface area contributed by atoms with E-state index in [1.54, 1.807) is 11.3 Å². The number of aromatic nitrogens is 3. The van der Waals surface area contributed by atoms with E-state index in [-0.39, 0.29) is 0 Å². The van der Waals surface area contributed by atoms with Gasteiger partial charge in [0.05, 0.1) is 10.2 Å². The first kappa shape index (κ1) is 12.7. The van der Waals surface area contributed by atoms with Crippen LogP contribution in [0.15, 0.2) is 36.5 Å². The van der Waals surface area contributed by atoms with Crippen LogP contribution in [-0.4, -0.2) is 41.1 Å². The van der Waals surface area contributed by atoms with Gasteiger partial charge in [0.25, 0.3) is 0 Å². The first-order valence-corrected chi connectivity index (χ1v) is 7.86. The third kappa shape index (κ3) is 2.48. The molecule has 6 heteroatoms. The Hall–Kier alpha value is -2.05. The number of fused-ring (bicyclic) bond motifs is 1. The van der Waals surface area contributed by atoms with Crippen molar-refractivity contribution in [3.63, 3.8) is 0 Å². The number of benzene rings is 1. The van der Waals surface area contributed by atoms with Crippen LogP contribution in [-0.2, 0) is 0 Å². The fourth-order valence-corrected chi connectivity index (χ4v) is 3.40. The zero-order chi connectivity index (χ0) is 14.1. The lowest BCUT2D eigenvalue weighted by atomic mass is 10.3. The molecule has 1 aliphatic rings. The molecular weight excluding hydrogens is 282 g/mol. The Bertz CT molecular complexity index is 730. The van der Waals surface area contributed by atoms with Gasteiger partial charge in [-0.1, -0.05) is 12.1 Å². The predicted octanol–water partition coefficient (Wildman–Crippen LogP) is 2.16. The van der Waals surface area contributed by atoms with Crippen LogP contribution in [0.3, 0.4) is 0 Å². The van der Waals surface area contributed by atoms with Crippen molar-refractivity contribution < 1.29 is 0 Å². The Kier molecular flexibility index (Phi) is 3.25. The minimum absolute atomic E-state index is 0.799. The van der Waals surface area contributed by atoms with Gasteiger partial charge in [0.2, 0.25) is 5.95 Å². The minimum Gasteiger partial charge on any atom is -0.338 e. The number of hydrogen-bond acceptors (Lipinski definition) is 6. The molecule has 2 aromatic heterocycles. The molecular formula is C15H15N5S. The Morgan fingerprint density at radius 1 is 1.05 bits per heavy atom. The fraction of sp³-hybridized carbons (Fsp3) is 0.267. The number of hydrogen-bond donors (Lipinski definition) is 1. The standard InChI is InChI=1S/C15H15N5S/c1-2-4-13-11(3-1)18-14(21-13)12-5-6-17-15(19-12)20-9-7-16-8-10-20/h1-6,16H,7-10H2. The second-order valence-electron chi connectivity index (χ2n) is 4.97. The zero-order valence-electron chi connectivity index (χ0n) is 11.5. The largest absolute Gasteiger partial charge is 0.338 e. The SMILES string of the molecule is c1ccc2sc(-c3ccnc(N4CCNCC4)n3)nc2c1. The van der Waals surface area contributed by atoms with Crippen LogP contribution < -0.4 is 10.2 Å². The van der Waals surface area contributed by atoms with Crippen LogP contribution in [0.1, 0.15) is 0 Å². The number of thiazole rings is 1. The van der Waals surface area contributed by atoms with Crippen LogP contribution in [0.4, 0.5) is 5.95 Å². The Balaban J connectivity index is 1.71. The molecule has 1 aliphatic heterocycles. The summed E-state index contributed by atoms with van der Waals surface area (Å²) < 4.78 is 1.19. The summed E-state index contributed by atoms with van der Waals surface area (Å²) in [6.07, 6.45) is 1.83. The first-order valence-electron chi connectivity index (χ1n) is 7.05. The number of piperazine rings is 1. The van der Waals surface area contributed by atoms with Gasteiger partial charge in [-0.2, -0.15) is 0 Å². The second-order valence-corrected chi connectivity index (χ2v) is 6.00. The topological polar surface area (TPSA) is 53.9 Å². The molecule has 1 saturated heterocycles. The maximum Gasteiger partial charge on any atom is 0.226 e. The Labute approximate surface area is 126 Å². The van der Waals surface area contributed by atoms with E-state index in [1.807, 2.05) is 30.5 Å². The maximum absolute atomic E-state index is 4.70. The average molecular weight is 297 g/mol. The number of para-hydroxylation sites is 1. The number of rotatable bonds is 2. The fourth-order valence-electron chi connectivity index (χ4n) is 2.47. The maximum atomic E-state index is 4.70. The summed E-state index contributed by atoms with van der Waals surface area (Å²) in [6, 6.07) is 10.1. The minimum atomic E-state index is 0.799. The van der Waals surface area contributed by atoms with E-state index in [0.717, 1.165) is 48.3 Å². The summed E-state index contributed by atoms with van der Waals surface area (Å²) in [4.78, 5) is 16.0. The molecule has 5 nitrogen and oxygen atoms in total. The van der Waals surface area contributed by atoms with E-state index in [4.69, 9.17) is 4.98 Å². The van der Waals surface area contributed by atoms with Gasteiger partial charge < -0.3 is 10.2 Å². The summed E-state index contributed by atoms with van der Waals surface area (Å²) in [5.41, 5.74) is 1.93. The van der Waals surface area contributed by atoms with Crippen LogP contribution in [0.25, 0.3) is 20.9 Å². The molecule has 106 valence electrons. The van der Waals surface area contributed by atoms with E-state index in [0.29, 0.717) is 0 Å². The lowest BCUT2D eigenvalue weighted by Gasteiger charge is -2.27. The lowest BCUT2D eigenvalue weighted by molar-refractivity contribution is 0.580. The van der Waals surface area contributed by atoms with Crippen molar-refractivity contribution in [1.82, 2.24) is 20.3 Å². The summed E-state index contributed by atoms with van der Waals surface area (Å²) in [6.45, 7) is 3.86. The monoisotopic (exact) mass is 297 g/mol.